The van der Waals surface area contributed by atoms with E-state index < -0.39 is 12.0 Å². The van der Waals surface area contributed by atoms with Crippen LogP contribution in [0.1, 0.15) is 17.8 Å². The summed E-state index contributed by atoms with van der Waals surface area (Å²) in [5, 5.41) is 8.30. The molecule has 0 saturated heterocycles. The molecule has 0 spiro atoms. The predicted octanol–water partition coefficient (Wildman–Crippen LogP) is 3.11. The molecule has 1 aliphatic rings. The number of rotatable bonds is 6. The fourth-order valence-electron chi connectivity index (χ4n) is 2.43. The first-order valence-electron chi connectivity index (χ1n) is 7.74. The lowest BCUT2D eigenvalue weighted by Crippen LogP contribution is -2.46. The number of aromatic nitrogens is 1. The number of carbonyl (C=O) groups excluding carboxylic acids is 2. The van der Waals surface area contributed by atoms with Crippen molar-refractivity contribution in [3.63, 3.8) is 0 Å². The summed E-state index contributed by atoms with van der Waals surface area (Å²) in [4.78, 5) is 29.8. The van der Waals surface area contributed by atoms with Crippen LogP contribution in [-0.2, 0) is 9.53 Å². The highest BCUT2D eigenvalue weighted by Crippen LogP contribution is 2.32. The average Bonchev–Trinajstić information content (AvgIpc) is 3.15. The molecule has 0 unspecified atom stereocenters. The number of carbonyl (C=O) groups is 2. The molecule has 0 saturated carbocycles. The Morgan fingerprint density at radius 2 is 2.24 bits per heavy atom. The third kappa shape index (κ3) is 4.21. The van der Waals surface area contributed by atoms with Crippen molar-refractivity contribution in [1.82, 2.24) is 15.6 Å². The van der Waals surface area contributed by atoms with E-state index in [1.807, 2.05) is 35.7 Å². The van der Waals surface area contributed by atoms with Gasteiger partial charge in [0.25, 0.3) is 0 Å². The highest BCUT2D eigenvalue weighted by atomic mass is 32.2. The summed E-state index contributed by atoms with van der Waals surface area (Å²) >= 11 is 2.94. The lowest BCUT2D eigenvalue weighted by molar-refractivity contribution is -0.139. The van der Waals surface area contributed by atoms with Gasteiger partial charge in [-0.2, -0.15) is 0 Å². The van der Waals surface area contributed by atoms with Gasteiger partial charge in [0, 0.05) is 22.5 Å². The second-order valence-corrected chi connectivity index (χ2v) is 7.09. The molecule has 3 rings (SSSR count). The first-order chi connectivity index (χ1) is 12.2. The number of nitrogens with one attached hydrogen (secondary N) is 2. The maximum atomic E-state index is 12.5. The van der Waals surface area contributed by atoms with Crippen LogP contribution in [0.25, 0.3) is 0 Å². The van der Waals surface area contributed by atoms with Crippen molar-refractivity contribution >= 4 is 35.1 Å². The normalized spacial score (nSPS) is 17.0. The Morgan fingerprint density at radius 3 is 2.92 bits per heavy atom. The highest BCUT2D eigenvalue weighted by molar-refractivity contribution is 7.99. The predicted molar refractivity (Wildman–Crippen MR) is 97.3 cm³/mol. The minimum absolute atomic E-state index is 0.272. The monoisotopic (exact) mass is 375 g/mol. The number of hydrogen-bond acceptors (Lipinski definition) is 6. The third-order valence-corrected chi connectivity index (χ3v) is 5.39. The Labute approximate surface area is 153 Å². The Balaban J connectivity index is 1.93. The number of esters is 1. The van der Waals surface area contributed by atoms with Gasteiger partial charge in [-0.25, -0.2) is 14.6 Å². The largest absolute Gasteiger partial charge is 0.463 e. The second kappa shape index (κ2) is 8.17. The van der Waals surface area contributed by atoms with Gasteiger partial charge in [0.15, 0.2) is 0 Å². The first kappa shape index (κ1) is 17.5. The van der Waals surface area contributed by atoms with E-state index in [9.17, 15) is 9.59 Å². The third-order valence-electron chi connectivity index (χ3n) is 3.48. The van der Waals surface area contributed by atoms with Crippen LogP contribution >= 0.6 is 23.1 Å². The molecule has 0 bridgehead atoms. The first-order valence-corrected chi connectivity index (χ1v) is 9.60. The van der Waals surface area contributed by atoms with Gasteiger partial charge in [-0.15, -0.1) is 23.1 Å². The fourth-order valence-corrected chi connectivity index (χ4v) is 4.04. The molecule has 0 radical (unpaired) electrons. The van der Waals surface area contributed by atoms with Crippen molar-refractivity contribution in [1.29, 1.82) is 0 Å². The van der Waals surface area contributed by atoms with Gasteiger partial charge in [0.05, 0.1) is 23.2 Å². The van der Waals surface area contributed by atoms with E-state index in [0.717, 1.165) is 9.90 Å². The Morgan fingerprint density at radius 1 is 1.36 bits per heavy atom. The molecule has 2 amide bonds. The molecule has 8 heteroatoms. The van der Waals surface area contributed by atoms with E-state index in [4.69, 9.17) is 4.74 Å². The number of nitrogens with zero attached hydrogens (tertiary/aromatic N) is 1. The molecule has 2 aromatic heterocycles. The summed E-state index contributed by atoms with van der Waals surface area (Å²) in [5.74, 6) is -0.00879. The Bertz CT molecular complexity index is 776. The van der Waals surface area contributed by atoms with Gasteiger partial charge in [-0.1, -0.05) is 12.1 Å². The van der Waals surface area contributed by atoms with Gasteiger partial charge < -0.3 is 15.4 Å². The maximum absolute atomic E-state index is 12.5. The molecule has 6 nitrogen and oxygen atoms in total. The number of hydrogen-bond donors (Lipinski definition) is 2. The Hall–Kier alpha value is -2.32. The number of ether oxygens (including phenoxy) is 1. The maximum Gasteiger partial charge on any atom is 0.338 e. The van der Waals surface area contributed by atoms with Crippen LogP contribution in [0.2, 0.25) is 0 Å². The molecule has 0 fully saturated rings. The molecule has 2 aromatic rings. The summed E-state index contributed by atoms with van der Waals surface area (Å²) in [6, 6.07) is 8.56. The summed E-state index contributed by atoms with van der Waals surface area (Å²) in [7, 11) is 0. The van der Waals surface area contributed by atoms with Crippen LogP contribution < -0.4 is 10.6 Å². The van der Waals surface area contributed by atoms with Crippen molar-refractivity contribution in [2.75, 3.05) is 12.4 Å². The van der Waals surface area contributed by atoms with E-state index in [-0.39, 0.29) is 12.6 Å². The molecular formula is C17H17N3O3S2. The number of thioether (sulfide) groups is 1. The molecule has 2 N–H and O–H groups in total. The van der Waals surface area contributed by atoms with Crippen LogP contribution in [0, 0.1) is 0 Å². The van der Waals surface area contributed by atoms with Crippen molar-refractivity contribution in [2.45, 2.75) is 18.0 Å². The smallest absolute Gasteiger partial charge is 0.338 e. The molecule has 0 aliphatic carbocycles. The van der Waals surface area contributed by atoms with Gasteiger partial charge >= 0.3 is 12.0 Å². The molecule has 3 heterocycles. The topological polar surface area (TPSA) is 80.3 Å². The highest BCUT2D eigenvalue weighted by Gasteiger charge is 2.34. The van der Waals surface area contributed by atoms with Gasteiger partial charge in [-0.3, -0.25) is 0 Å². The zero-order valence-corrected chi connectivity index (χ0v) is 15.2. The van der Waals surface area contributed by atoms with Crippen LogP contribution in [0.5, 0.6) is 0 Å². The van der Waals surface area contributed by atoms with Gasteiger partial charge in [0.2, 0.25) is 0 Å². The van der Waals surface area contributed by atoms with Crippen molar-refractivity contribution in [3.05, 3.63) is 58.1 Å². The van der Waals surface area contributed by atoms with E-state index >= 15 is 0 Å². The van der Waals surface area contributed by atoms with E-state index in [1.165, 1.54) is 23.1 Å². The minimum Gasteiger partial charge on any atom is -0.463 e. The van der Waals surface area contributed by atoms with Crippen LogP contribution in [0.4, 0.5) is 4.79 Å². The molecule has 1 atom stereocenters. The van der Waals surface area contributed by atoms with E-state index in [0.29, 0.717) is 17.0 Å². The molecule has 25 heavy (non-hydrogen) atoms. The van der Waals surface area contributed by atoms with E-state index in [1.54, 1.807) is 13.1 Å². The summed E-state index contributed by atoms with van der Waals surface area (Å²) in [6.45, 7) is 2.03. The van der Waals surface area contributed by atoms with Gasteiger partial charge in [0.1, 0.15) is 0 Å². The van der Waals surface area contributed by atoms with Crippen LogP contribution in [0.3, 0.4) is 0 Å². The summed E-state index contributed by atoms with van der Waals surface area (Å²) in [5.41, 5.74) is 0.989. The van der Waals surface area contributed by atoms with Crippen molar-refractivity contribution in [3.8, 4) is 0 Å². The SMILES string of the molecule is CCOC(=O)C1=C(CSc2ccccn2)NC(=O)N[C@@H]1c1cccs1. The van der Waals surface area contributed by atoms with Crippen LogP contribution in [0.15, 0.2) is 58.2 Å². The Kier molecular flexibility index (Phi) is 5.72. The molecular weight excluding hydrogens is 358 g/mol. The molecule has 130 valence electrons. The lowest BCUT2D eigenvalue weighted by atomic mass is 10.0. The fraction of sp³-hybridized carbons (Fsp3) is 0.235. The summed E-state index contributed by atoms with van der Waals surface area (Å²) in [6.07, 6.45) is 1.71. The van der Waals surface area contributed by atoms with Gasteiger partial charge in [-0.05, 0) is 30.5 Å². The molecule has 0 aromatic carbocycles. The average molecular weight is 375 g/mol. The lowest BCUT2D eigenvalue weighted by Gasteiger charge is -2.28. The zero-order valence-electron chi connectivity index (χ0n) is 13.5. The summed E-state index contributed by atoms with van der Waals surface area (Å²) < 4.78 is 5.22. The number of thiophene rings is 1. The zero-order chi connectivity index (χ0) is 17.6. The second-order valence-electron chi connectivity index (χ2n) is 5.12. The van der Waals surface area contributed by atoms with Crippen molar-refractivity contribution in [2.24, 2.45) is 0 Å². The standard InChI is InChI=1S/C17H17N3O3S2/c1-2-23-16(21)14-11(10-25-13-7-3-4-8-18-13)19-17(22)20-15(14)12-6-5-9-24-12/h3-9,15H,2,10H2,1H3,(H2,19,20,22)/t15-/m1/s1. The number of amides is 2. The quantitative estimate of drug-likeness (QED) is 0.599. The minimum atomic E-state index is -0.507. The van der Waals surface area contributed by atoms with Crippen LogP contribution in [-0.4, -0.2) is 29.3 Å². The number of pyridine rings is 1. The van der Waals surface area contributed by atoms with E-state index in [2.05, 4.69) is 15.6 Å². The molecule has 1 aliphatic heterocycles. The number of urea groups is 1. The van der Waals surface area contributed by atoms with Crippen molar-refractivity contribution < 1.29 is 14.3 Å².